The molecule has 0 radical (unpaired) electrons. The highest BCUT2D eigenvalue weighted by Crippen LogP contribution is 2.16. The van der Waals surface area contributed by atoms with Gasteiger partial charge in [0.05, 0.1) is 0 Å². The highest BCUT2D eigenvalue weighted by atomic mass is 14.9. The van der Waals surface area contributed by atoms with Crippen LogP contribution in [0.4, 0.5) is 0 Å². The summed E-state index contributed by atoms with van der Waals surface area (Å²) in [5.41, 5.74) is 3.04. The summed E-state index contributed by atoms with van der Waals surface area (Å²) >= 11 is 0. The predicted octanol–water partition coefficient (Wildman–Crippen LogP) is 2.93. The molecule has 1 aliphatic heterocycles. The van der Waals surface area contributed by atoms with E-state index in [4.69, 9.17) is 0 Å². The molecule has 0 saturated heterocycles. The van der Waals surface area contributed by atoms with E-state index in [2.05, 4.69) is 48.6 Å². The monoisotopic (exact) mass is 201 g/mol. The lowest BCUT2D eigenvalue weighted by Gasteiger charge is -2.24. The molecular formula is C14H19N. The first kappa shape index (κ1) is 10.4. The number of nitrogens with one attached hydrogen (secondary N) is 1. The van der Waals surface area contributed by atoms with Gasteiger partial charge in [0.2, 0.25) is 0 Å². The van der Waals surface area contributed by atoms with Gasteiger partial charge in [-0.1, -0.05) is 48.9 Å². The van der Waals surface area contributed by atoms with Crippen molar-refractivity contribution >= 4 is 0 Å². The van der Waals surface area contributed by atoms with Gasteiger partial charge in [-0.05, 0) is 24.8 Å². The summed E-state index contributed by atoms with van der Waals surface area (Å²) < 4.78 is 0. The maximum Gasteiger partial charge on any atom is 0.0148 e. The van der Waals surface area contributed by atoms with Crippen LogP contribution in [0.15, 0.2) is 42.0 Å². The largest absolute Gasteiger partial charge is 0.310 e. The van der Waals surface area contributed by atoms with Crippen LogP contribution < -0.4 is 5.32 Å². The fourth-order valence-electron chi connectivity index (χ4n) is 2.17. The Hall–Kier alpha value is -1.08. The average Bonchev–Trinajstić information content (AvgIpc) is 2.31. The van der Waals surface area contributed by atoms with Crippen molar-refractivity contribution in [2.45, 2.75) is 32.2 Å². The molecule has 0 fully saturated rings. The molecule has 0 amide bonds. The third-order valence-electron chi connectivity index (χ3n) is 3.08. The fourth-order valence-corrected chi connectivity index (χ4v) is 2.17. The summed E-state index contributed by atoms with van der Waals surface area (Å²) in [5.74, 6) is 0. The van der Waals surface area contributed by atoms with E-state index in [0.717, 1.165) is 13.0 Å². The summed E-state index contributed by atoms with van der Waals surface area (Å²) in [6.07, 6.45) is 5.90. The molecule has 1 heteroatoms. The van der Waals surface area contributed by atoms with Crippen LogP contribution in [0.25, 0.3) is 0 Å². The van der Waals surface area contributed by atoms with Crippen LogP contribution >= 0.6 is 0 Å². The third-order valence-corrected chi connectivity index (χ3v) is 3.08. The standard InChI is InChI=1S/C14H19N/c1-2-12-8-9-15-14(10-12)11-13-6-4-3-5-7-13/h3-8,14-15H,2,9-11H2,1H3. The quantitative estimate of drug-likeness (QED) is 0.741. The van der Waals surface area contributed by atoms with Gasteiger partial charge in [0.15, 0.2) is 0 Å². The molecule has 0 saturated carbocycles. The van der Waals surface area contributed by atoms with Crippen LogP contribution in [-0.2, 0) is 6.42 Å². The van der Waals surface area contributed by atoms with E-state index in [1.54, 1.807) is 5.57 Å². The van der Waals surface area contributed by atoms with Gasteiger partial charge in [-0.25, -0.2) is 0 Å². The summed E-state index contributed by atoms with van der Waals surface area (Å²) in [6, 6.07) is 11.4. The fraction of sp³-hybridized carbons (Fsp3) is 0.429. The molecule has 1 nitrogen and oxygen atoms in total. The van der Waals surface area contributed by atoms with Gasteiger partial charge in [-0.15, -0.1) is 0 Å². The van der Waals surface area contributed by atoms with E-state index in [1.807, 2.05) is 0 Å². The Labute approximate surface area is 92.2 Å². The minimum atomic E-state index is 0.632. The van der Waals surface area contributed by atoms with E-state index in [1.165, 1.54) is 18.4 Å². The Bertz CT molecular complexity index is 326. The zero-order valence-corrected chi connectivity index (χ0v) is 9.37. The van der Waals surface area contributed by atoms with Crippen molar-refractivity contribution in [1.82, 2.24) is 5.32 Å². The second kappa shape index (κ2) is 5.13. The SMILES string of the molecule is CCC1=CCNC(Cc2ccccc2)C1. The molecule has 1 N–H and O–H groups in total. The number of benzene rings is 1. The van der Waals surface area contributed by atoms with Gasteiger partial charge in [-0.3, -0.25) is 0 Å². The molecule has 1 atom stereocenters. The topological polar surface area (TPSA) is 12.0 Å². The molecule has 0 aliphatic carbocycles. The lowest BCUT2D eigenvalue weighted by molar-refractivity contribution is 0.504. The second-order valence-corrected chi connectivity index (χ2v) is 4.21. The van der Waals surface area contributed by atoms with Crippen molar-refractivity contribution in [2.75, 3.05) is 6.54 Å². The highest BCUT2D eigenvalue weighted by Gasteiger charge is 2.13. The van der Waals surface area contributed by atoms with E-state index >= 15 is 0 Å². The molecular weight excluding hydrogens is 182 g/mol. The zero-order valence-electron chi connectivity index (χ0n) is 9.37. The van der Waals surface area contributed by atoms with Gasteiger partial charge in [-0.2, -0.15) is 0 Å². The Balaban J connectivity index is 1.94. The summed E-state index contributed by atoms with van der Waals surface area (Å²) in [7, 11) is 0. The van der Waals surface area contributed by atoms with Crippen LogP contribution in [0.1, 0.15) is 25.3 Å². The Morgan fingerprint density at radius 3 is 2.80 bits per heavy atom. The molecule has 15 heavy (non-hydrogen) atoms. The van der Waals surface area contributed by atoms with E-state index in [9.17, 15) is 0 Å². The van der Waals surface area contributed by atoms with Crippen molar-refractivity contribution in [1.29, 1.82) is 0 Å². The maximum absolute atomic E-state index is 3.56. The third kappa shape index (κ3) is 2.93. The molecule has 1 aliphatic rings. The van der Waals surface area contributed by atoms with E-state index in [-0.39, 0.29) is 0 Å². The van der Waals surface area contributed by atoms with Gasteiger partial charge in [0, 0.05) is 12.6 Å². The molecule has 0 spiro atoms. The first-order chi connectivity index (χ1) is 7.38. The Morgan fingerprint density at radius 2 is 2.07 bits per heavy atom. The smallest absolute Gasteiger partial charge is 0.0148 e. The summed E-state index contributed by atoms with van der Waals surface area (Å²) in [5, 5.41) is 3.56. The lowest BCUT2D eigenvalue weighted by Crippen LogP contribution is -2.34. The maximum atomic E-state index is 3.56. The first-order valence-electron chi connectivity index (χ1n) is 5.83. The van der Waals surface area contributed by atoms with Gasteiger partial charge in [0.25, 0.3) is 0 Å². The number of hydrogen-bond acceptors (Lipinski definition) is 1. The summed E-state index contributed by atoms with van der Waals surface area (Å²) in [4.78, 5) is 0. The Kier molecular flexibility index (Phi) is 3.57. The van der Waals surface area contributed by atoms with Gasteiger partial charge in [0.1, 0.15) is 0 Å². The zero-order chi connectivity index (χ0) is 10.5. The van der Waals surface area contributed by atoms with Gasteiger partial charge < -0.3 is 5.32 Å². The van der Waals surface area contributed by atoms with Gasteiger partial charge >= 0.3 is 0 Å². The normalized spacial score (nSPS) is 21.1. The number of rotatable bonds is 3. The molecule has 0 aromatic heterocycles. The van der Waals surface area contributed by atoms with E-state index in [0.29, 0.717) is 6.04 Å². The molecule has 80 valence electrons. The minimum absolute atomic E-state index is 0.632. The number of hydrogen-bond donors (Lipinski definition) is 1. The van der Waals surface area contributed by atoms with Crippen LogP contribution in [-0.4, -0.2) is 12.6 Å². The lowest BCUT2D eigenvalue weighted by atomic mass is 9.95. The van der Waals surface area contributed by atoms with E-state index < -0.39 is 0 Å². The molecule has 0 bridgehead atoms. The average molecular weight is 201 g/mol. The van der Waals surface area contributed by atoms with Crippen molar-refractivity contribution in [3.63, 3.8) is 0 Å². The second-order valence-electron chi connectivity index (χ2n) is 4.21. The van der Waals surface area contributed by atoms with Crippen molar-refractivity contribution in [2.24, 2.45) is 0 Å². The van der Waals surface area contributed by atoms with Crippen molar-refractivity contribution in [3.05, 3.63) is 47.5 Å². The summed E-state index contributed by atoms with van der Waals surface area (Å²) in [6.45, 7) is 3.29. The predicted molar refractivity (Wildman–Crippen MR) is 64.9 cm³/mol. The first-order valence-corrected chi connectivity index (χ1v) is 5.83. The molecule has 1 aromatic carbocycles. The molecule has 1 heterocycles. The van der Waals surface area contributed by atoms with Crippen LogP contribution in [0.3, 0.4) is 0 Å². The van der Waals surface area contributed by atoms with Crippen molar-refractivity contribution < 1.29 is 0 Å². The van der Waals surface area contributed by atoms with Crippen LogP contribution in [0.2, 0.25) is 0 Å². The van der Waals surface area contributed by atoms with Crippen molar-refractivity contribution in [3.8, 4) is 0 Å². The minimum Gasteiger partial charge on any atom is -0.310 e. The van der Waals surface area contributed by atoms with Crippen LogP contribution in [0.5, 0.6) is 0 Å². The molecule has 2 rings (SSSR count). The highest BCUT2D eigenvalue weighted by molar-refractivity contribution is 5.18. The Morgan fingerprint density at radius 1 is 1.27 bits per heavy atom. The van der Waals surface area contributed by atoms with Crippen LogP contribution in [0, 0.1) is 0 Å². The molecule has 1 aromatic rings. The molecule has 1 unspecified atom stereocenters.